The average molecular weight is 364 g/mol. The highest BCUT2D eigenvalue weighted by molar-refractivity contribution is 7.52. The minimum Gasteiger partial charge on any atom is -0.374 e. The molecule has 0 spiro atoms. The zero-order valence-electron chi connectivity index (χ0n) is 13.8. The number of nitrogens with zero attached hydrogens (tertiary/aromatic N) is 2. The summed E-state index contributed by atoms with van der Waals surface area (Å²) in [7, 11) is 0.0837. The Morgan fingerprint density at radius 3 is 2.54 bits per heavy atom. The van der Waals surface area contributed by atoms with Crippen LogP contribution in [0.15, 0.2) is 17.1 Å². The molecule has 11 heteroatoms. The standard InChI is InChI=1S/C13H21N2O8P/c1-8-5-6-15(13(16)14-8)11-9(19-2)10(20-3)12(23-11)22-7-24(17,18)21-4/h5-6,9-12H,7H2,1-4H3,(H,17,18)/t9-,10+,11-,12+/m1/s1. The predicted octanol–water partition coefficient (Wildman–Crippen LogP) is 0.243. The number of hydrogen-bond donors (Lipinski definition) is 1. The van der Waals surface area contributed by atoms with Gasteiger partial charge in [0, 0.05) is 33.2 Å². The van der Waals surface area contributed by atoms with Crippen molar-refractivity contribution in [2.45, 2.75) is 31.6 Å². The first-order chi connectivity index (χ1) is 11.3. The van der Waals surface area contributed by atoms with Crippen LogP contribution in [0.2, 0.25) is 0 Å². The second-order valence-corrected chi connectivity index (χ2v) is 7.07. The number of aromatic nitrogens is 2. The van der Waals surface area contributed by atoms with Crippen LogP contribution in [-0.4, -0.2) is 60.6 Å². The highest BCUT2D eigenvalue weighted by Crippen LogP contribution is 2.42. The molecule has 136 valence electrons. The van der Waals surface area contributed by atoms with Crippen molar-refractivity contribution in [1.82, 2.24) is 9.55 Å². The molecule has 10 nitrogen and oxygen atoms in total. The van der Waals surface area contributed by atoms with Crippen LogP contribution in [0.3, 0.4) is 0 Å². The first-order valence-corrected chi connectivity index (χ1v) is 8.85. The Bertz CT molecular complexity index is 666. The molecule has 5 atom stereocenters. The molecular weight excluding hydrogens is 343 g/mol. The minimum atomic E-state index is -3.88. The van der Waals surface area contributed by atoms with Gasteiger partial charge in [-0.3, -0.25) is 9.13 Å². The van der Waals surface area contributed by atoms with Crippen molar-refractivity contribution in [3.05, 3.63) is 28.4 Å². The summed E-state index contributed by atoms with van der Waals surface area (Å²) < 4.78 is 38.9. The van der Waals surface area contributed by atoms with Crippen LogP contribution in [0.5, 0.6) is 0 Å². The second-order valence-electron chi connectivity index (χ2n) is 5.17. The van der Waals surface area contributed by atoms with Gasteiger partial charge in [-0.15, -0.1) is 0 Å². The van der Waals surface area contributed by atoms with Gasteiger partial charge in [0.05, 0.1) is 0 Å². The largest absolute Gasteiger partial charge is 0.374 e. The van der Waals surface area contributed by atoms with Crippen LogP contribution in [0.25, 0.3) is 0 Å². The molecule has 1 fully saturated rings. The summed E-state index contributed by atoms with van der Waals surface area (Å²) in [4.78, 5) is 25.4. The second kappa shape index (κ2) is 7.83. The molecule has 0 radical (unpaired) electrons. The quantitative estimate of drug-likeness (QED) is 0.679. The van der Waals surface area contributed by atoms with E-state index in [1.54, 1.807) is 13.0 Å². The first kappa shape index (κ1) is 19.2. The molecule has 1 aromatic heterocycles. The van der Waals surface area contributed by atoms with E-state index in [2.05, 4.69) is 9.51 Å². The third kappa shape index (κ3) is 4.09. The van der Waals surface area contributed by atoms with E-state index in [4.69, 9.17) is 18.9 Å². The van der Waals surface area contributed by atoms with Crippen molar-refractivity contribution in [2.75, 3.05) is 27.7 Å². The monoisotopic (exact) mass is 364 g/mol. The summed E-state index contributed by atoms with van der Waals surface area (Å²) in [6.07, 6.45) is -2.33. The van der Waals surface area contributed by atoms with Crippen molar-refractivity contribution in [3.8, 4) is 0 Å². The highest BCUT2D eigenvalue weighted by Gasteiger charge is 2.48. The van der Waals surface area contributed by atoms with Gasteiger partial charge >= 0.3 is 13.3 Å². The van der Waals surface area contributed by atoms with E-state index in [1.807, 2.05) is 0 Å². The lowest BCUT2D eigenvalue weighted by atomic mass is 10.2. The van der Waals surface area contributed by atoms with E-state index in [1.165, 1.54) is 25.0 Å². The molecule has 1 saturated heterocycles. The Morgan fingerprint density at radius 2 is 2.00 bits per heavy atom. The fraction of sp³-hybridized carbons (Fsp3) is 0.692. The molecule has 1 aliphatic heterocycles. The van der Waals surface area contributed by atoms with Gasteiger partial charge in [-0.1, -0.05) is 0 Å². The molecule has 0 aliphatic carbocycles. The predicted molar refractivity (Wildman–Crippen MR) is 81.5 cm³/mol. The van der Waals surface area contributed by atoms with E-state index in [0.717, 1.165) is 7.11 Å². The molecular formula is C13H21N2O8P. The van der Waals surface area contributed by atoms with E-state index in [9.17, 15) is 14.3 Å². The van der Waals surface area contributed by atoms with E-state index in [0.29, 0.717) is 5.69 Å². The summed E-state index contributed by atoms with van der Waals surface area (Å²) in [6.45, 7) is 1.70. The number of aryl methyl sites for hydroxylation is 1. The normalized spacial score (nSPS) is 29.5. The van der Waals surface area contributed by atoms with Gasteiger partial charge in [0.15, 0.2) is 18.9 Å². The third-order valence-electron chi connectivity index (χ3n) is 3.62. The molecule has 2 heterocycles. The van der Waals surface area contributed by atoms with Crippen molar-refractivity contribution in [1.29, 1.82) is 0 Å². The van der Waals surface area contributed by atoms with Crippen molar-refractivity contribution >= 4 is 7.60 Å². The summed E-state index contributed by atoms with van der Waals surface area (Å²) in [6, 6.07) is 1.65. The Labute approximate surface area is 138 Å². The van der Waals surface area contributed by atoms with Crippen molar-refractivity contribution in [3.63, 3.8) is 0 Å². The van der Waals surface area contributed by atoms with E-state index >= 15 is 0 Å². The van der Waals surface area contributed by atoms with E-state index < -0.39 is 44.4 Å². The van der Waals surface area contributed by atoms with Gasteiger partial charge < -0.3 is 28.4 Å². The zero-order valence-corrected chi connectivity index (χ0v) is 14.7. The number of ether oxygens (including phenoxy) is 4. The molecule has 2 rings (SSSR count). The van der Waals surface area contributed by atoms with Crippen LogP contribution < -0.4 is 5.69 Å². The van der Waals surface area contributed by atoms with Crippen LogP contribution in [-0.2, 0) is 28.0 Å². The van der Waals surface area contributed by atoms with Crippen LogP contribution in [0.1, 0.15) is 11.9 Å². The molecule has 1 aliphatic rings. The average Bonchev–Trinajstić information content (AvgIpc) is 2.90. The summed E-state index contributed by atoms with van der Waals surface area (Å²) in [5, 5.41) is 0. The lowest BCUT2D eigenvalue weighted by molar-refractivity contribution is -0.173. The fourth-order valence-corrected chi connectivity index (χ4v) is 2.82. The van der Waals surface area contributed by atoms with Crippen molar-refractivity contribution in [2.24, 2.45) is 0 Å². The van der Waals surface area contributed by atoms with Gasteiger partial charge in [0.25, 0.3) is 0 Å². The SMILES string of the molecule is CO[C@@H]1[C@@H](OCP(=O)(O)OC)O[C@@H](n2ccc(C)nc2=O)[C@@H]1OC. The summed E-state index contributed by atoms with van der Waals surface area (Å²) in [5.41, 5.74) is 0.0582. The van der Waals surface area contributed by atoms with Crippen molar-refractivity contribution < 1.29 is 32.9 Å². The molecule has 0 amide bonds. The Balaban J connectivity index is 2.24. The number of methoxy groups -OCH3 is 2. The maximum absolute atomic E-state index is 12.1. The Hall–Kier alpha value is -1.13. The molecule has 0 bridgehead atoms. The Morgan fingerprint density at radius 1 is 1.33 bits per heavy atom. The minimum absolute atomic E-state index is 0.512. The molecule has 1 aromatic rings. The summed E-state index contributed by atoms with van der Waals surface area (Å²) >= 11 is 0. The maximum atomic E-state index is 12.1. The fourth-order valence-electron chi connectivity index (χ4n) is 2.38. The third-order valence-corrected chi connectivity index (χ3v) is 4.67. The molecule has 1 unspecified atom stereocenters. The first-order valence-electron chi connectivity index (χ1n) is 7.09. The highest BCUT2D eigenvalue weighted by atomic mass is 31.2. The van der Waals surface area contributed by atoms with Gasteiger partial charge in [0.2, 0.25) is 0 Å². The molecule has 24 heavy (non-hydrogen) atoms. The molecule has 0 saturated carbocycles. The summed E-state index contributed by atoms with van der Waals surface area (Å²) in [5.74, 6) is 0. The lowest BCUT2D eigenvalue weighted by Gasteiger charge is -2.22. The molecule has 1 N–H and O–H groups in total. The number of rotatable bonds is 7. The topological polar surface area (TPSA) is 118 Å². The van der Waals surface area contributed by atoms with Gasteiger partial charge in [-0.2, -0.15) is 4.98 Å². The Kier molecular flexibility index (Phi) is 6.27. The van der Waals surface area contributed by atoms with Gasteiger partial charge in [0.1, 0.15) is 12.2 Å². The number of hydrogen-bond acceptors (Lipinski definition) is 8. The van der Waals surface area contributed by atoms with Crippen LogP contribution in [0, 0.1) is 6.92 Å². The van der Waals surface area contributed by atoms with Crippen LogP contribution in [0.4, 0.5) is 0 Å². The van der Waals surface area contributed by atoms with Gasteiger partial charge in [-0.05, 0) is 13.0 Å². The molecule has 0 aromatic carbocycles. The van der Waals surface area contributed by atoms with Crippen LogP contribution >= 0.6 is 7.60 Å². The maximum Gasteiger partial charge on any atom is 0.353 e. The zero-order chi connectivity index (χ0) is 17.9. The lowest BCUT2D eigenvalue weighted by Crippen LogP contribution is -2.38. The smallest absolute Gasteiger partial charge is 0.353 e. The van der Waals surface area contributed by atoms with Gasteiger partial charge in [-0.25, -0.2) is 4.79 Å². The van der Waals surface area contributed by atoms with E-state index in [-0.39, 0.29) is 0 Å².